The summed E-state index contributed by atoms with van der Waals surface area (Å²) in [4.78, 5) is 23.2. The number of aromatic amines is 1. The molecule has 5 rings (SSSR count). The molecule has 1 saturated carbocycles. The van der Waals surface area contributed by atoms with Gasteiger partial charge >= 0.3 is 0 Å². The molecule has 0 amide bonds. The molecule has 164 valence electrons. The normalized spacial score (nSPS) is 22.1. The largest absolute Gasteiger partial charge is 0.366 e. The number of H-pyrrole nitrogens is 1. The summed E-state index contributed by atoms with van der Waals surface area (Å²) in [7, 11) is 0. The van der Waals surface area contributed by atoms with Gasteiger partial charge in [0.15, 0.2) is 0 Å². The summed E-state index contributed by atoms with van der Waals surface area (Å²) in [6.45, 7) is 4.71. The van der Waals surface area contributed by atoms with Crippen LogP contribution in [0.1, 0.15) is 51.9 Å². The van der Waals surface area contributed by atoms with Crippen LogP contribution < -0.4 is 10.9 Å². The lowest BCUT2D eigenvalue weighted by Gasteiger charge is -2.48. The molecule has 1 atom stereocenters. The Morgan fingerprint density at radius 3 is 2.84 bits per heavy atom. The van der Waals surface area contributed by atoms with Crippen LogP contribution in [0.5, 0.6) is 0 Å². The van der Waals surface area contributed by atoms with Crippen LogP contribution >= 0.6 is 38.5 Å². The van der Waals surface area contributed by atoms with Gasteiger partial charge < -0.3 is 10.3 Å². The van der Waals surface area contributed by atoms with Crippen LogP contribution in [-0.2, 0) is 0 Å². The molecule has 0 bridgehead atoms. The summed E-state index contributed by atoms with van der Waals surface area (Å²) in [5.74, 6) is 0.888. The number of halogens is 2. The van der Waals surface area contributed by atoms with Crippen molar-refractivity contribution in [1.82, 2.24) is 14.9 Å². The standard InChI is InChI=1S/C24H28BrIN4O/c1-24(9-3-2-4-10-24)30-11-5-6-16(14-30)28-22-17-8-7-15(25)12-18(17)20-21(29-22)19(26)13-27-23(20)31/h7-8,12-13,16H,2-6,9-11,14H2,1H3,(H,27,31)(H,28,29)/t16-/m0/s1. The fourth-order valence-corrected chi connectivity index (χ4v) is 6.38. The van der Waals surface area contributed by atoms with Gasteiger partial charge in [-0.1, -0.05) is 35.2 Å². The zero-order valence-corrected chi connectivity index (χ0v) is 21.6. The minimum atomic E-state index is -0.0911. The molecule has 31 heavy (non-hydrogen) atoms. The Bertz CT molecular complexity index is 1190. The van der Waals surface area contributed by atoms with Gasteiger partial charge in [-0.3, -0.25) is 9.69 Å². The van der Waals surface area contributed by atoms with Gasteiger partial charge in [0, 0.05) is 39.6 Å². The van der Waals surface area contributed by atoms with E-state index in [1.807, 2.05) is 12.1 Å². The van der Waals surface area contributed by atoms with E-state index in [4.69, 9.17) is 4.98 Å². The Labute approximate surface area is 204 Å². The maximum atomic E-state index is 12.7. The number of fused-ring (bicyclic) bond motifs is 3. The highest BCUT2D eigenvalue weighted by atomic mass is 127. The summed E-state index contributed by atoms with van der Waals surface area (Å²) in [5, 5.41) is 6.39. The van der Waals surface area contributed by atoms with Gasteiger partial charge in [-0.25, -0.2) is 4.98 Å². The number of piperidine rings is 1. The average molecular weight is 595 g/mol. The number of hydrogen-bond acceptors (Lipinski definition) is 4. The fourth-order valence-electron chi connectivity index (χ4n) is 5.48. The van der Waals surface area contributed by atoms with E-state index in [-0.39, 0.29) is 5.56 Å². The van der Waals surface area contributed by atoms with E-state index >= 15 is 0 Å². The highest BCUT2D eigenvalue weighted by Gasteiger charge is 2.36. The van der Waals surface area contributed by atoms with Crippen LogP contribution in [0.3, 0.4) is 0 Å². The summed E-state index contributed by atoms with van der Waals surface area (Å²) in [6, 6.07) is 6.49. The molecule has 0 unspecified atom stereocenters. The van der Waals surface area contributed by atoms with Crippen molar-refractivity contribution in [3.8, 4) is 0 Å². The smallest absolute Gasteiger partial charge is 0.258 e. The number of rotatable bonds is 3. The molecule has 2 aliphatic rings. The number of anilines is 1. The van der Waals surface area contributed by atoms with Crippen LogP contribution in [0.2, 0.25) is 0 Å². The lowest BCUT2D eigenvalue weighted by molar-refractivity contribution is 0.0443. The second-order valence-corrected chi connectivity index (χ2v) is 11.4. The zero-order chi connectivity index (χ0) is 21.6. The summed E-state index contributed by atoms with van der Waals surface area (Å²) < 4.78 is 1.92. The summed E-state index contributed by atoms with van der Waals surface area (Å²) >= 11 is 5.84. The Hall–Kier alpha value is -1.19. The Morgan fingerprint density at radius 2 is 2.03 bits per heavy atom. The summed E-state index contributed by atoms with van der Waals surface area (Å²) in [5.41, 5.74) is 1.02. The molecule has 1 saturated heterocycles. The van der Waals surface area contributed by atoms with Crippen molar-refractivity contribution in [2.75, 3.05) is 18.4 Å². The Morgan fingerprint density at radius 1 is 1.23 bits per heavy atom. The Kier molecular flexibility index (Phi) is 6.03. The molecule has 2 aromatic heterocycles. The number of hydrogen-bond donors (Lipinski definition) is 2. The number of likely N-dealkylation sites (tertiary alicyclic amines) is 1. The SMILES string of the molecule is CC1(N2CCC[C@H](Nc3nc4c(I)c[nH]c(=O)c4c4cc(Br)ccc34)C2)CCCCC1. The van der Waals surface area contributed by atoms with E-state index in [0.29, 0.717) is 17.0 Å². The van der Waals surface area contributed by atoms with Gasteiger partial charge in [0.2, 0.25) is 0 Å². The predicted octanol–water partition coefficient (Wildman–Crippen LogP) is 6.04. The minimum absolute atomic E-state index is 0.0911. The van der Waals surface area contributed by atoms with Crippen molar-refractivity contribution >= 4 is 66.0 Å². The maximum absolute atomic E-state index is 12.7. The molecule has 5 nitrogen and oxygen atoms in total. The molecule has 3 aromatic rings. The Balaban J connectivity index is 1.52. The van der Waals surface area contributed by atoms with E-state index in [1.165, 1.54) is 45.1 Å². The first-order chi connectivity index (χ1) is 14.9. The van der Waals surface area contributed by atoms with Crippen molar-refractivity contribution in [1.29, 1.82) is 0 Å². The van der Waals surface area contributed by atoms with Crippen molar-refractivity contribution < 1.29 is 0 Å². The van der Waals surface area contributed by atoms with Crippen LogP contribution in [0.4, 0.5) is 5.82 Å². The molecule has 0 spiro atoms. The average Bonchev–Trinajstić information content (AvgIpc) is 2.77. The third-order valence-corrected chi connectivity index (χ3v) is 8.52. The predicted molar refractivity (Wildman–Crippen MR) is 140 cm³/mol. The molecular formula is C24H28BrIN4O. The van der Waals surface area contributed by atoms with Gasteiger partial charge in [-0.2, -0.15) is 0 Å². The van der Waals surface area contributed by atoms with E-state index < -0.39 is 0 Å². The second-order valence-electron chi connectivity index (χ2n) is 9.33. The van der Waals surface area contributed by atoms with Crippen molar-refractivity contribution in [2.24, 2.45) is 0 Å². The lowest BCUT2D eigenvalue weighted by Crippen LogP contribution is -2.54. The lowest BCUT2D eigenvalue weighted by atomic mass is 9.80. The maximum Gasteiger partial charge on any atom is 0.258 e. The van der Waals surface area contributed by atoms with E-state index in [9.17, 15) is 4.79 Å². The topological polar surface area (TPSA) is 61.0 Å². The van der Waals surface area contributed by atoms with Crippen LogP contribution in [0.15, 0.2) is 33.7 Å². The monoisotopic (exact) mass is 594 g/mol. The molecule has 7 heteroatoms. The van der Waals surface area contributed by atoms with Crippen molar-refractivity contribution in [3.05, 3.63) is 42.8 Å². The zero-order valence-electron chi connectivity index (χ0n) is 17.8. The molecule has 1 aliphatic carbocycles. The molecule has 3 heterocycles. The number of nitrogens with one attached hydrogen (secondary N) is 2. The third-order valence-electron chi connectivity index (χ3n) is 7.21. The number of nitrogens with zero attached hydrogens (tertiary/aromatic N) is 2. The molecule has 2 fully saturated rings. The first-order valence-corrected chi connectivity index (χ1v) is 13.1. The molecule has 2 N–H and O–H groups in total. The molecular weight excluding hydrogens is 567 g/mol. The highest BCUT2D eigenvalue weighted by Crippen LogP contribution is 2.36. The number of pyridine rings is 2. The van der Waals surface area contributed by atoms with Gasteiger partial charge in [0.25, 0.3) is 5.56 Å². The van der Waals surface area contributed by atoms with Gasteiger partial charge in [-0.15, -0.1) is 0 Å². The fraction of sp³-hybridized carbons (Fsp3) is 0.500. The van der Waals surface area contributed by atoms with Crippen LogP contribution in [-0.4, -0.2) is 39.5 Å². The second kappa shape index (κ2) is 8.63. The first-order valence-electron chi connectivity index (χ1n) is 11.3. The van der Waals surface area contributed by atoms with Gasteiger partial charge in [0.05, 0.1) is 14.5 Å². The first kappa shape index (κ1) is 21.6. The van der Waals surface area contributed by atoms with Crippen LogP contribution in [0.25, 0.3) is 21.7 Å². The van der Waals surface area contributed by atoms with Crippen molar-refractivity contribution in [2.45, 2.75) is 63.5 Å². The molecule has 1 aromatic carbocycles. The molecule has 1 aliphatic heterocycles. The van der Waals surface area contributed by atoms with E-state index in [1.54, 1.807) is 6.20 Å². The van der Waals surface area contributed by atoms with Crippen LogP contribution in [0, 0.1) is 3.57 Å². The highest BCUT2D eigenvalue weighted by molar-refractivity contribution is 14.1. The summed E-state index contributed by atoms with van der Waals surface area (Å²) in [6.07, 6.45) is 10.8. The van der Waals surface area contributed by atoms with Gasteiger partial charge in [0.1, 0.15) is 5.82 Å². The van der Waals surface area contributed by atoms with Crippen molar-refractivity contribution in [3.63, 3.8) is 0 Å². The third kappa shape index (κ3) is 4.13. The number of benzene rings is 1. The van der Waals surface area contributed by atoms with E-state index in [2.05, 4.69) is 66.7 Å². The molecule has 0 radical (unpaired) electrons. The van der Waals surface area contributed by atoms with Gasteiger partial charge in [-0.05, 0) is 79.9 Å². The minimum Gasteiger partial charge on any atom is -0.366 e. The number of aromatic nitrogens is 2. The van der Waals surface area contributed by atoms with E-state index in [0.717, 1.165) is 43.1 Å². The quantitative estimate of drug-likeness (QED) is 0.287.